The highest BCUT2D eigenvalue weighted by atomic mass is 16.7. The van der Waals surface area contributed by atoms with Crippen LogP contribution in [0, 0.1) is 0 Å². The lowest BCUT2D eigenvalue weighted by Gasteiger charge is -2.42. The van der Waals surface area contributed by atoms with Crippen LogP contribution in [0.4, 0.5) is 0 Å². The molecule has 4 N–H and O–H groups in total. The zero-order valence-corrected chi connectivity index (χ0v) is 23.0. The molecule has 0 spiro atoms. The van der Waals surface area contributed by atoms with Gasteiger partial charge in [-0.1, -0.05) is 91.0 Å². The van der Waals surface area contributed by atoms with E-state index < -0.39 is 54.5 Å². The second-order valence-electron chi connectivity index (χ2n) is 10.7. The fourth-order valence-electron chi connectivity index (χ4n) is 5.98. The van der Waals surface area contributed by atoms with E-state index in [1.807, 2.05) is 66.7 Å². The largest absolute Gasteiger partial charge is 0.470 e. The minimum atomic E-state index is -1.02. The molecule has 0 unspecified atom stereocenters. The summed E-state index contributed by atoms with van der Waals surface area (Å²) in [4.78, 5) is 28.5. The predicted octanol–water partition coefficient (Wildman–Crippen LogP) is 3.28. The molecular weight excluding hydrogens is 552 g/mol. The maximum absolute atomic E-state index is 14.3. The first-order valence-electron chi connectivity index (χ1n) is 14.1. The third kappa shape index (κ3) is 4.98. The van der Waals surface area contributed by atoms with Crippen molar-refractivity contribution >= 4 is 11.6 Å². The standard InChI is InChI=1S/C33H30N2O8/c34-30-24(26(36)28-21(40-30)16-38-32(42-28)19-12-6-2-7-13-19)23(18-10-4-1-5-11-18)25-27(37)29-22(41-31(25)35)17-39-33(43-29)20-14-8-3-9-15-20/h1-15,21-23,28-29,32-33H,16-17,34-35H2/t21-,22-,28-,29-,32-,33-/m1/s1. The molecule has 7 rings (SSSR count). The minimum absolute atomic E-state index is 0.0566. The summed E-state index contributed by atoms with van der Waals surface area (Å²) < 4.78 is 36.1. The Bertz CT molecular complexity index is 1480. The first-order chi connectivity index (χ1) is 21.0. The summed E-state index contributed by atoms with van der Waals surface area (Å²) in [6.45, 7) is 0.177. The first kappa shape index (κ1) is 27.4. The lowest BCUT2D eigenvalue weighted by atomic mass is 9.76. The Morgan fingerprint density at radius 2 is 0.977 bits per heavy atom. The van der Waals surface area contributed by atoms with Gasteiger partial charge in [0.25, 0.3) is 0 Å². The monoisotopic (exact) mass is 582 g/mol. The molecule has 0 saturated carbocycles. The predicted molar refractivity (Wildman–Crippen MR) is 151 cm³/mol. The highest BCUT2D eigenvalue weighted by molar-refractivity contribution is 6.08. The summed E-state index contributed by atoms with van der Waals surface area (Å²) in [6, 6.07) is 27.6. The number of nitrogens with two attached hydrogens (primary N) is 2. The van der Waals surface area contributed by atoms with Gasteiger partial charge < -0.3 is 39.9 Å². The quantitative estimate of drug-likeness (QED) is 0.460. The molecule has 10 heteroatoms. The van der Waals surface area contributed by atoms with Crippen LogP contribution in [0.2, 0.25) is 0 Å². The number of fused-ring (bicyclic) bond motifs is 2. The van der Waals surface area contributed by atoms with Crippen LogP contribution in [-0.2, 0) is 38.0 Å². The van der Waals surface area contributed by atoms with E-state index in [0.29, 0.717) is 5.56 Å². The van der Waals surface area contributed by atoms with Crippen LogP contribution in [0.15, 0.2) is 114 Å². The fraction of sp³-hybridized carbons (Fsp3) is 0.273. The van der Waals surface area contributed by atoms with Crippen LogP contribution < -0.4 is 11.5 Å². The van der Waals surface area contributed by atoms with E-state index in [0.717, 1.165) is 11.1 Å². The Morgan fingerprint density at radius 1 is 0.581 bits per heavy atom. The van der Waals surface area contributed by atoms with Gasteiger partial charge in [0.1, 0.15) is 0 Å². The Balaban J connectivity index is 1.25. The van der Waals surface area contributed by atoms with Gasteiger partial charge in [-0.05, 0) is 5.56 Å². The number of carbonyl (C=O) groups is 2. The summed E-state index contributed by atoms with van der Waals surface area (Å²) in [5, 5.41) is 0. The molecular formula is C33H30N2O8. The van der Waals surface area contributed by atoms with Crippen LogP contribution in [-0.4, -0.2) is 49.2 Å². The van der Waals surface area contributed by atoms with Gasteiger partial charge in [-0.15, -0.1) is 0 Å². The van der Waals surface area contributed by atoms with Crippen LogP contribution in [0.3, 0.4) is 0 Å². The molecule has 3 aromatic rings. The molecule has 0 aliphatic carbocycles. The summed E-state index contributed by atoms with van der Waals surface area (Å²) >= 11 is 0. The van der Waals surface area contributed by atoms with Crippen LogP contribution >= 0.6 is 0 Å². The zero-order valence-electron chi connectivity index (χ0n) is 23.0. The van der Waals surface area contributed by atoms with Gasteiger partial charge in [0.05, 0.1) is 30.3 Å². The number of hydrogen-bond donors (Lipinski definition) is 2. The van der Waals surface area contributed by atoms with Gasteiger partial charge in [0.15, 0.2) is 60.3 Å². The average molecular weight is 583 g/mol. The minimum Gasteiger partial charge on any atom is -0.470 e. The lowest BCUT2D eigenvalue weighted by molar-refractivity contribution is -0.257. The SMILES string of the molecule is NC1=C(C(C2=C(N)O[C@@H]3CO[C@@H](c4ccccc4)O[C@H]3C2=O)c2ccccc2)C(=O)[C@@H]2O[C@H](c3ccccc3)OC[C@H]2O1. The third-order valence-corrected chi connectivity index (χ3v) is 8.03. The van der Waals surface area contributed by atoms with Crippen molar-refractivity contribution in [1.82, 2.24) is 0 Å². The first-order valence-corrected chi connectivity index (χ1v) is 14.1. The molecule has 0 aromatic heterocycles. The maximum atomic E-state index is 14.3. The average Bonchev–Trinajstić information content (AvgIpc) is 3.05. The van der Waals surface area contributed by atoms with E-state index in [9.17, 15) is 9.59 Å². The molecule has 4 aliphatic rings. The molecule has 0 amide bonds. The van der Waals surface area contributed by atoms with Gasteiger partial charge in [-0.25, -0.2) is 0 Å². The van der Waals surface area contributed by atoms with Crippen molar-refractivity contribution in [3.63, 3.8) is 0 Å². The van der Waals surface area contributed by atoms with Gasteiger partial charge in [0.2, 0.25) is 0 Å². The van der Waals surface area contributed by atoms with E-state index in [2.05, 4.69) is 0 Å². The summed E-state index contributed by atoms with van der Waals surface area (Å²) in [5.41, 5.74) is 15.1. The summed E-state index contributed by atoms with van der Waals surface area (Å²) in [6.07, 6.45) is -5.12. The van der Waals surface area contributed by atoms with Crippen molar-refractivity contribution < 1.29 is 38.0 Å². The normalized spacial score (nSPS) is 29.0. The highest BCUT2D eigenvalue weighted by Crippen LogP contribution is 2.44. The smallest absolute Gasteiger partial charge is 0.197 e. The maximum Gasteiger partial charge on any atom is 0.197 e. The van der Waals surface area contributed by atoms with Crippen molar-refractivity contribution in [3.8, 4) is 0 Å². The van der Waals surface area contributed by atoms with E-state index in [1.54, 1.807) is 24.3 Å². The molecule has 2 saturated heterocycles. The van der Waals surface area contributed by atoms with Crippen LogP contribution in [0.5, 0.6) is 0 Å². The fourth-order valence-corrected chi connectivity index (χ4v) is 5.98. The Hall–Kier alpha value is -4.48. The Kier molecular flexibility index (Phi) is 7.20. The van der Waals surface area contributed by atoms with Crippen molar-refractivity contribution in [3.05, 3.63) is 131 Å². The molecule has 3 aromatic carbocycles. The zero-order chi connectivity index (χ0) is 29.5. The van der Waals surface area contributed by atoms with Crippen molar-refractivity contribution in [1.29, 1.82) is 0 Å². The molecule has 4 aliphatic heterocycles. The molecule has 220 valence electrons. The molecule has 43 heavy (non-hydrogen) atoms. The number of carbonyl (C=O) groups excluding carboxylic acids is 2. The van der Waals surface area contributed by atoms with Gasteiger partial charge in [0, 0.05) is 11.1 Å². The van der Waals surface area contributed by atoms with Gasteiger partial charge in [-0.3, -0.25) is 9.59 Å². The number of ether oxygens (including phenoxy) is 6. The number of rotatable bonds is 5. The molecule has 2 fully saturated rings. The molecule has 4 heterocycles. The van der Waals surface area contributed by atoms with Crippen molar-refractivity contribution in [2.45, 2.75) is 42.9 Å². The Morgan fingerprint density at radius 3 is 1.40 bits per heavy atom. The number of Topliss-reactive ketones (excluding diaryl/α,β-unsaturated/α-hetero) is 2. The highest BCUT2D eigenvalue weighted by Gasteiger charge is 2.52. The Labute approximate surface area is 247 Å². The lowest BCUT2D eigenvalue weighted by Crippen LogP contribution is -2.54. The molecule has 6 atom stereocenters. The molecule has 10 nitrogen and oxygen atoms in total. The molecule has 0 bridgehead atoms. The van der Waals surface area contributed by atoms with Gasteiger partial charge >= 0.3 is 0 Å². The van der Waals surface area contributed by atoms with Crippen LogP contribution in [0.25, 0.3) is 0 Å². The van der Waals surface area contributed by atoms with E-state index in [4.69, 9.17) is 39.9 Å². The second-order valence-corrected chi connectivity index (χ2v) is 10.7. The summed E-state index contributed by atoms with van der Waals surface area (Å²) in [7, 11) is 0. The van der Waals surface area contributed by atoms with Crippen molar-refractivity contribution in [2.75, 3.05) is 13.2 Å². The van der Waals surface area contributed by atoms with E-state index >= 15 is 0 Å². The second kappa shape index (κ2) is 11.3. The van der Waals surface area contributed by atoms with E-state index in [-0.39, 0.29) is 36.1 Å². The third-order valence-electron chi connectivity index (χ3n) is 8.03. The topological polar surface area (TPSA) is 142 Å². The van der Waals surface area contributed by atoms with Crippen LogP contribution in [0.1, 0.15) is 35.2 Å². The van der Waals surface area contributed by atoms with Crippen molar-refractivity contribution in [2.24, 2.45) is 11.5 Å². The van der Waals surface area contributed by atoms with E-state index in [1.165, 1.54) is 0 Å². The summed E-state index contributed by atoms with van der Waals surface area (Å²) in [5.74, 6) is -2.10. The molecule has 0 radical (unpaired) electrons. The number of benzene rings is 3. The number of ketones is 2. The van der Waals surface area contributed by atoms with Gasteiger partial charge in [-0.2, -0.15) is 0 Å². The number of hydrogen-bond acceptors (Lipinski definition) is 10.